The Kier molecular flexibility index (Phi) is 14.5. The molecule has 0 aliphatic carbocycles. The molecule has 2 aromatic carbocycles. The number of ether oxygens (including phenoxy) is 2. The number of cyclic esters (lactones) is 1. The highest BCUT2D eigenvalue weighted by Crippen LogP contribution is 2.42. The molecule has 3 amide bonds. The van der Waals surface area contributed by atoms with Crippen LogP contribution >= 0.6 is 0 Å². The number of nitrogens with one attached hydrogen (secondary N) is 3. The van der Waals surface area contributed by atoms with Crippen LogP contribution in [-0.4, -0.2) is 107 Å². The first-order valence-electron chi connectivity index (χ1n) is 23.1. The summed E-state index contributed by atoms with van der Waals surface area (Å²) in [7, 11) is 3.35. The number of methoxy groups -OCH3 is 1. The molecule has 6 bridgehead atoms. The van der Waals surface area contributed by atoms with Crippen LogP contribution < -0.4 is 16.1 Å². The number of hydrogen-bond donors (Lipinski definition) is 4. The van der Waals surface area contributed by atoms with Gasteiger partial charge < -0.3 is 34.7 Å². The Hall–Kier alpha value is -5.31. The first kappa shape index (κ1) is 46.7. The predicted molar refractivity (Wildman–Crippen MR) is 247 cm³/mol. The zero-order valence-electron chi connectivity index (χ0n) is 38.8. The lowest BCUT2D eigenvalue weighted by Crippen LogP contribution is -2.62. The summed E-state index contributed by atoms with van der Waals surface area (Å²) >= 11 is 0. The number of rotatable bonds is 9. The third-order valence-corrected chi connectivity index (χ3v) is 13.2. The van der Waals surface area contributed by atoms with Gasteiger partial charge in [0, 0.05) is 68.3 Å². The molecule has 4 N–H and O–H groups in total. The Morgan fingerprint density at radius 3 is 2.61 bits per heavy atom. The van der Waals surface area contributed by atoms with Crippen molar-refractivity contribution >= 4 is 34.6 Å². The number of fused-ring (bicyclic) bond motifs is 6. The van der Waals surface area contributed by atoms with E-state index in [0.29, 0.717) is 44.5 Å². The van der Waals surface area contributed by atoms with E-state index in [-0.39, 0.29) is 42.6 Å². The Bertz CT molecular complexity index is 2350. The molecular formula is C50H67N7O7. The fourth-order valence-electron chi connectivity index (χ4n) is 9.90. The Labute approximate surface area is 377 Å². The molecule has 5 heterocycles. The van der Waals surface area contributed by atoms with E-state index < -0.39 is 41.3 Å². The van der Waals surface area contributed by atoms with Crippen molar-refractivity contribution in [2.24, 2.45) is 17.3 Å². The van der Waals surface area contributed by atoms with Gasteiger partial charge in [0.05, 0.1) is 30.0 Å². The van der Waals surface area contributed by atoms with Gasteiger partial charge in [-0.25, -0.2) is 5.43 Å². The number of phenols is 1. The number of nitrogens with zero attached hydrogens (tertiary/aromatic N) is 4. The number of benzene rings is 2. The zero-order chi connectivity index (χ0) is 45.9. The van der Waals surface area contributed by atoms with Crippen molar-refractivity contribution in [3.8, 4) is 28.1 Å². The van der Waals surface area contributed by atoms with Crippen molar-refractivity contribution in [2.45, 2.75) is 117 Å². The normalized spacial score (nSPS) is 21.7. The fraction of sp³-hybridized carbons (Fsp3) is 0.540. The van der Waals surface area contributed by atoms with Crippen LogP contribution in [0.3, 0.4) is 0 Å². The van der Waals surface area contributed by atoms with Crippen molar-refractivity contribution in [3.63, 3.8) is 0 Å². The number of hydrazine groups is 1. The maximum absolute atomic E-state index is 14.7. The highest BCUT2D eigenvalue weighted by molar-refractivity contribution is 5.96. The van der Waals surface area contributed by atoms with Crippen LogP contribution in [-0.2, 0) is 48.0 Å². The van der Waals surface area contributed by atoms with Crippen LogP contribution in [0.4, 0.5) is 0 Å². The lowest BCUT2D eigenvalue weighted by molar-refractivity contribution is -0.155. The molecule has 14 nitrogen and oxygen atoms in total. The fourth-order valence-corrected chi connectivity index (χ4v) is 9.90. The Balaban J connectivity index is 1.33. The molecule has 4 aromatic rings. The van der Waals surface area contributed by atoms with Crippen LogP contribution in [0.25, 0.3) is 33.3 Å². The summed E-state index contributed by atoms with van der Waals surface area (Å²) in [6.07, 6.45) is 5.77. The van der Waals surface area contributed by atoms with E-state index in [1.54, 1.807) is 32.5 Å². The first-order chi connectivity index (χ1) is 30.6. The van der Waals surface area contributed by atoms with Crippen molar-refractivity contribution in [1.29, 1.82) is 0 Å². The third kappa shape index (κ3) is 9.99. The van der Waals surface area contributed by atoms with E-state index in [1.165, 1.54) is 9.91 Å². The van der Waals surface area contributed by atoms with Crippen LogP contribution in [0, 0.1) is 17.3 Å². The van der Waals surface area contributed by atoms with Crippen molar-refractivity contribution in [1.82, 2.24) is 35.5 Å². The topological polar surface area (TPSA) is 167 Å². The molecule has 344 valence electrons. The second-order valence-electron chi connectivity index (χ2n) is 19.1. The average Bonchev–Trinajstić information content (AvgIpc) is 3.39. The molecule has 3 aliphatic heterocycles. The molecule has 64 heavy (non-hydrogen) atoms. The van der Waals surface area contributed by atoms with Gasteiger partial charge in [0.1, 0.15) is 23.9 Å². The average molecular weight is 878 g/mol. The minimum Gasteiger partial charge on any atom is -0.508 e. The molecule has 1 unspecified atom stereocenters. The van der Waals surface area contributed by atoms with Gasteiger partial charge in [-0.3, -0.25) is 29.2 Å². The smallest absolute Gasteiger partial charge is 0.324 e. The number of aryl methyl sites for hydroxylation is 1. The van der Waals surface area contributed by atoms with Crippen molar-refractivity contribution < 1.29 is 33.8 Å². The minimum absolute atomic E-state index is 0.0163. The standard InChI is InChI=1S/C50H67N7O7/c1-9-56-42-18-17-33-26-38(42)39(45(56)37-15-12-20-52-43(37)31(4)63-8)27-50(5,6)29-64-49(62)40-16-13-21-57(54-40)48(61)41(24-32-22-35(33)25-36(58)23-32)53-46(59)44(30(2)3)55(7)47(60)34-14-10-11-19-51-28-34/h12,15,17-18,20,22-23,25-26,30-31,34,40-41,44,51,54,58H,9-11,13-14,16,19,21,24,27-29H2,1-8H3,(H,53,59)/t31-,34?,40-,41-,44-/m0/s1. The van der Waals surface area contributed by atoms with E-state index in [9.17, 15) is 24.3 Å². The lowest BCUT2D eigenvalue weighted by Gasteiger charge is -2.37. The molecule has 2 aromatic heterocycles. The van der Waals surface area contributed by atoms with Gasteiger partial charge in [-0.2, -0.15) is 0 Å². The summed E-state index contributed by atoms with van der Waals surface area (Å²) in [4.78, 5) is 63.3. The summed E-state index contributed by atoms with van der Waals surface area (Å²) in [5.74, 6) is -1.94. The number of likely N-dealkylation sites (N-methyl/N-ethyl adjacent to an activating group) is 1. The summed E-state index contributed by atoms with van der Waals surface area (Å²) in [6.45, 7) is 14.6. The van der Waals surface area contributed by atoms with Gasteiger partial charge >= 0.3 is 5.97 Å². The van der Waals surface area contributed by atoms with E-state index in [4.69, 9.17) is 14.5 Å². The summed E-state index contributed by atoms with van der Waals surface area (Å²) in [6, 6.07) is 12.9. The number of carbonyl (C=O) groups excluding carboxylic acids is 4. The Morgan fingerprint density at radius 2 is 1.86 bits per heavy atom. The maximum Gasteiger partial charge on any atom is 0.324 e. The Morgan fingerprint density at radius 1 is 1.06 bits per heavy atom. The molecule has 14 heteroatoms. The largest absolute Gasteiger partial charge is 0.508 e. The van der Waals surface area contributed by atoms with Crippen LogP contribution in [0.2, 0.25) is 0 Å². The van der Waals surface area contributed by atoms with E-state index >= 15 is 0 Å². The number of aromatic hydroxyl groups is 1. The zero-order valence-corrected chi connectivity index (χ0v) is 38.8. The molecule has 2 saturated heterocycles. The number of pyridine rings is 1. The SMILES string of the molecule is CCn1c(-c2cccnc2[C@H](C)OC)c2c3cc(ccc31)-c1cc(O)cc(c1)C[C@H](NC(=O)[C@H](C(C)C)N(C)C(=O)C1CCCCNC1)C(=O)N1CCC[C@H](N1)C(=O)OCC(C)(C)C2. The van der Waals surface area contributed by atoms with Gasteiger partial charge in [0.25, 0.3) is 5.91 Å². The second kappa shape index (κ2) is 19.8. The monoisotopic (exact) mass is 878 g/mol. The summed E-state index contributed by atoms with van der Waals surface area (Å²) < 4.78 is 14.2. The van der Waals surface area contributed by atoms with Gasteiger partial charge in [-0.1, -0.05) is 46.2 Å². The van der Waals surface area contributed by atoms with Crippen LogP contribution in [0.1, 0.15) is 96.6 Å². The molecule has 0 spiro atoms. The van der Waals surface area contributed by atoms with Crippen LogP contribution in [0.5, 0.6) is 5.75 Å². The van der Waals surface area contributed by atoms with E-state index in [1.807, 2.05) is 39.0 Å². The molecule has 2 fully saturated rings. The van der Waals surface area contributed by atoms with Gasteiger partial charge in [-0.15, -0.1) is 0 Å². The first-order valence-corrected chi connectivity index (χ1v) is 23.1. The molecule has 5 atom stereocenters. The third-order valence-electron chi connectivity index (χ3n) is 13.2. The highest BCUT2D eigenvalue weighted by Gasteiger charge is 2.39. The van der Waals surface area contributed by atoms with Crippen molar-refractivity contribution in [3.05, 3.63) is 71.5 Å². The summed E-state index contributed by atoms with van der Waals surface area (Å²) in [5, 5.41) is 20.2. The number of aromatic nitrogens is 2. The molecule has 0 radical (unpaired) electrons. The summed E-state index contributed by atoms with van der Waals surface area (Å²) in [5.41, 5.74) is 9.74. The number of carbonyl (C=O) groups is 4. The van der Waals surface area contributed by atoms with Gasteiger partial charge in [-0.05, 0) is 117 Å². The molecule has 0 saturated carbocycles. The van der Waals surface area contributed by atoms with Gasteiger partial charge in [0.15, 0.2) is 0 Å². The molecule has 3 aliphatic rings. The maximum atomic E-state index is 14.7. The van der Waals surface area contributed by atoms with E-state index in [0.717, 1.165) is 70.4 Å². The quantitative estimate of drug-likeness (QED) is 0.140. The minimum atomic E-state index is -1.11. The lowest BCUT2D eigenvalue weighted by atomic mass is 9.84. The highest BCUT2D eigenvalue weighted by atomic mass is 16.5. The van der Waals surface area contributed by atoms with E-state index in [2.05, 4.69) is 59.6 Å². The van der Waals surface area contributed by atoms with Crippen LogP contribution in [0.15, 0.2) is 54.7 Å². The number of esters is 1. The number of phenolic OH excluding ortho intramolecular Hbond substituents is 1. The molecule has 7 rings (SSSR count). The van der Waals surface area contributed by atoms with Crippen molar-refractivity contribution in [2.75, 3.05) is 40.4 Å². The number of amides is 3. The molecular weight excluding hydrogens is 811 g/mol. The predicted octanol–water partition coefficient (Wildman–Crippen LogP) is 6.32. The second-order valence-corrected chi connectivity index (χ2v) is 19.1. The number of hydrogen-bond acceptors (Lipinski definition) is 10. The van der Waals surface area contributed by atoms with Gasteiger partial charge in [0.2, 0.25) is 11.8 Å².